The Hall–Kier alpha value is -2.41. The highest BCUT2D eigenvalue weighted by Gasteiger charge is 2.20. The molecule has 0 N–H and O–H groups in total. The van der Waals surface area contributed by atoms with Crippen molar-refractivity contribution in [3.05, 3.63) is 86.2 Å². The summed E-state index contributed by atoms with van der Waals surface area (Å²) in [7, 11) is 1.67. The Balaban J connectivity index is 2.18. The Morgan fingerprint density at radius 3 is 2.60 bits per heavy atom. The molecule has 3 aromatic rings. The van der Waals surface area contributed by atoms with Gasteiger partial charge in [0.25, 0.3) is 5.56 Å². The van der Waals surface area contributed by atoms with E-state index in [1.165, 1.54) is 4.57 Å². The van der Waals surface area contributed by atoms with E-state index in [4.69, 9.17) is 4.74 Å². The van der Waals surface area contributed by atoms with Crippen LogP contribution in [0.1, 0.15) is 15.9 Å². The average molecular weight is 445 g/mol. The fraction of sp³-hybridized carbons (Fsp3) is 0.100. The van der Waals surface area contributed by atoms with Gasteiger partial charge in [-0.2, -0.15) is 0 Å². The van der Waals surface area contributed by atoms with Crippen molar-refractivity contribution in [2.75, 3.05) is 0 Å². The second-order valence-electron chi connectivity index (χ2n) is 5.55. The van der Waals surface area contributed by atoms with Crippen molar-refractivity contribution in [1.29, 1.82) is 0 Å². The number of carbonyl (C=O) groups is 1. The summed E-state index contributed by atoms with van der Waals surface area (Å²) in [4.78, 5) is 25.4. The Labute approximate surface area is 158 Å². The van der Waals surface area contributed by atoms with Crippen molar-refractivity contribution < 1.29 is 9.53 Å². The maximum absolute atomic E-state index is 12.8. The van der Waals surface area contributed by atoms with E-state index in [1.807, 2.05) is 36.4 Å². The van der Waals surface area contributed by atoms with Gasteiger partial charge in [0.15, 0.2) is 0 Å². The molecule has 0 saturated carbocycles. The summed E-state index contributed by atoms with van der Waals surface area (Å²) in [5.74, 6) is -0.478. The molecule has 2 aromatic carbocycles. The number of pyridine rings is 1. The zero-order valence-corrected chi connectivity index (χ0v) is 15.8. The first-order chi connectivity index (χ1) is 12.0. The second kappa shape index (κ2) is 7.23. The Morgan fingerprint density at radius 2 is 1.88 bits per heavy atom. The van der Waals surface area contributed by atoms with E-state index in [0.717, 1.165) is 14.5 Å². The molecule has 0 spiro atoms. The second-order valence-corrected chi connectivity index (χ2v) is 6.71. The molecule has 0 saturated heterocycles. The summed E-state index contributed by atoms with van der Waals surface area (Å²) < 4.78 is 7.83. The summed E-state index contributed by atoms with van der Waals surface area (Å²) >= 11 is 2.07. The van der Waals surface area contributed by atoms with Crippen LogP contribution in [0.3, 0.4) is 0 Å². The number of benzene rings is 2. The summed E-state index contributed by atoms with van der Waals surface area (Å²) in [6, 6.07) is 14.7. The molecule has 0 aliphatic carbocycles. The first kappa shape index (κ1) is 17.4. The third-order valence-corrected chi connectivity index (χ3v) is 4.94. The van der Waals surface area contributed by atoms with E-state index < -0.39 is 5.97 Å². The van der Waals surface area contributed by atoms with Gasteiger partial charge in [-0.15, -0.1) is 6.58 Å². The van der Waals surface area contributed by atoms with Crippen LogP contribution in [0.2, 0.25) is 0 Å². The summed E-state index contributed by atoms with van der Waals surface area (Å²) in [5, 5.41) is 0.870. The lowest BCUT2D eigenvalue weighted by Crippen LogP contribution is -2.24. The predicted octanol–water partition coefficient (Wildman–Crippen LogP) is 4.09. The van der Waals surface area contributed by atoms with Crippen LogP contribution in [0, 0.1) is 3.57 Å². The molecule has 0 amide bonds. The maximum Gasteiger partial charge on any atom is 0.344 e. The highest BCUT2D eigenvalue weighted by Crippen LogP contribution is 2.26. The molecule has 0 aliphatic heterocycles. The molecule has 0 bridgehead atoms. The van der Waals surface area contributed by atoms with E-state index in [1.54, 1.807) is 25.3 Å². The summed E-state index contributed by atoms with van der Waals surface area (Å²) in [6.45, 7) is 3.76. The normalized spacial score (nSPS) is 10.6. The lowest BCUT2D eigenvalue weighted by Gasteiger charge is -2.15. The summed E-state index contributed by atoms with van der Waals surface area (Å²) in [6.07, 6.45) is 2.13. The standard InChI is InChI=1S/C20H16INO3/c1-3-8-14-13-9-5-7-12-17(13)22(2)19(23)18(14)25-20(24)15-10-4-6-11-16(15)21/h3-7,9-12H,1,8H2,2H3. The first-order valence-electron chi connectivity index (χ1n) is 7.72. The quantitative estimate of drug-likeness (QED) is 0.346. The number of halogens is 1. The number of para-hydroxylation sites is 1. The van der Waals surface area contributed by atoms with Crippen molar-refractivity contribution in [2.24, 2.45) is 7.05 Å². The largest absolute Gasteiger partial charge is 0.417 e. The predicted molar refractivity (Wildman–Crippen MR) is 107 cm³/mol. The Kier molecular flexibility index (Phi) is 5.03. The van der Waals surface area contributed by atoms with Crippen LogP contribution in [0.5, 0.6) is 5.75 Å². The van der Waals surface area contributed by atoms with Crippen molar-refractivity contribution in [3.63, 3.8) is 0 Å². The van der Waals surface area contributed by atoms with Crippen molar-refractivity contribution >= 4 is 39.5 Å². The zero-order valence-electron chi connectivity index (χ0n) is 13.7. The Bertz CT molecular complexity index is 1040. The number of fused-ring (bicyclic) bond motifs is 1. The van der Waals surface area contributed by atoms with Gasteiger partial charge in [0.2, 0.25) is 5.75 Å². The number of nitrogens with zero attached hydrogens (tertiary/aromatic N) is 1. The third kappa shape index (κ3) is 3.24. The van der Waals surface area contributed by atoms with Gasteiger partial charge < -0.3 is 9.30 Å². The molecule has 0 fully saturated rings. The minimum atomic E-state index is -0.539. The van der Waals surface area contributed by atoms with Crippen molar-refractivity contribution in [3.8, 4) is 5.75 Å². The molecule has 5 heteroatoms. The van der Waals surface area contributed by atoms with Crippen LogP contribution in [0.25, 0.3) is 10.9 Å². The number of hydrogen-bond acceptors (Lipinski definition) is 3. The van der Waals surface area contributed by atoms with Crippen LogP contribution < -0.4 is 10.3 Å². The number of hydrogen-bond donors (Lipinski definition) is 0. The highest BCUT2D eigenvalue weighted by molar-refractivity contribution is 14.1. The minimum absolute atomic E-state index is 0.0609. The number of aromatic nitrogens is 1. The van der Waals surface area contributed by atoms with Crippen LogP contribution in [0.15, 0.2) is 66.0 Å². The van der Waals surface area contributed by atoms with E-state index in [2.05, 4.69) is 29.2 Å². The molecule has 25 heavy (non-hydrogen) atoms. The molecule has 1 heterocycles. The molecule has 3 rings (SSSR count). The van der Waals surface area contributed by atoms with Gasteiger partial charge in [-0.3, -0.25) is 4.79 Å². The molecule has 4 nitrogen and oxygen atoms in total. The number of esters is 1. The summed E-state index contributed by atoms with van der Waals surface area (Å²) in [5.41, 5.74) is 1.56. The molecule has 0 aliphatic rings. The fourth-order valence-electron chi connectivity index (χ4n) is 2.76. The zero-order chi connectivity index (χ0) is 18.0. The molecule has 0 radical (unpaired) electrons. The maximum atomic E-state index is 12.8. The van der Waals surface area contributed by atoms with Gasteiger partial charge in [0.05, 0.1) is 11.1 Å². The molecule has 0 unspecified atom stereocenters. The van der Waals surface area contributed by atoms with E-state index in [-0.39, 0.29) is 11.3 Å². The van der Waals surface area contributed by atoms with Gasteiger partial charge in [-0.05, 0) is 47.2 Å². The van der Waals surface area contributed by atoms with Crippen LogP contribution >= 0.6 is 22.6 Å². The highest BCUT2D eigenvalue weighted by atomic mass is 127. The third-order valence-electron chi connectivity index (χ3n) is 4.00. The van der Waals surface area contributed by atoms with Crippen molar-refractivity contribution in [2.45, 2.75) is 6.42 Å². The lowest BCUT2D eigenvalue weighted by atomic mass is 10.0. The van der Waals surface area contributed by atoms with Crippen LogP contribution in [0.4, 0.5) is 0 Å². The van der Waals surface area contributed by atoms with Gasteiger partial charge in [0.1, 0.15) is 0 Å². The number of allylic oxidation sites excluding steroid dienone is 1. The van der Waals surface area contributed by atoms with Crippen LogP contribution in [-0.4, -0.2) is 10.5 Å². The topological polar surface area (TPSA) is 48.3 Å². The van der Waals surface area contributed by atoms with E-state index in [9.17, 15) is 9.59 Å². The first-order valence-corrected chi connectivity index (χ1v) is 8.80. The molecule has 126 valence electrons. The molecule has 1 aromatic heterocycles. The Morgan fingerprint density at radius 1 is 1.20 bits per heavy atom. The smallest absolute Gasteiger partial charge is 0.344 e. The number of rotatable bonds is 4. The van der Waals surface area contributed by atoms with Gasteiger partial charge in [-0.25, -0.2) is 4.79 Å². The fourth-order valence-corrected chi connectivity index (χ4v) is 3.37. The minimum Gasteiger partial charge on any atom is -0.417 e. The van der Waals surface area contributed by atoms with Crippen LogP contribution in [-0.2, 0) is 13.5 Å². The monoisotopic (exact) mass is 445 g/mol. The number of carbonyl (C=O) groups excluding carboxylic acids is 1. The van der Waals surface area contributed by atoms with E-state index >= 15 is 0 Å². The van der Waals surface area contributed by atoms with Crippen molar-refractivity contribution in [1.82, 2.24) is 4.57 Å². The number of ether oxygens (including phenoxy) is 1. The van der Waals surface area contributed by atoms with Gasteiger partial charge in [-0.1, -0.05) is 36.4 Å². The average Bonchev–Trinajstić information content (AvgIpc) is 2.62. The molecular formula is C20H16INO3. The SMILES string of the molecule is C=CCc1c(OC(=O)c2ccccc2I)c(=O)n(C)c2ccccc12. The van der Waals surface area contributed by atoms with Gasteiger partial charge >= 0.3 is 5.97 Å². The molecular weight excluding hydrogens is 429 g/mol. The van der Waals surface area contributed by atoms with E-state index in [0.29, 0.717) is 17.5 Å². The number of aryl methyl sites for hydroxylation is 1. The van der Waals surface area contributed by atoms with Gasteiger partial charge in [0, 0.05) is 21.6 Å². The lowest BCUT2D eigenvalue weighted by molar-refractivity contribution is 0.0729. The molecule has 0 atom stereocenters.